The molecule has 0 saturated carbocycles. The van der Waals surface area contributed by atoms with Crippen molar-refractivity contribution in [1.29, 1.82) is 5.26 Å². The van der Waals surface area contributed by atoms with Crippen molar-refractivity contribution in [3.63, 3.8) is 0 Å². The number of ketones is 1. The van der Waals surface area contributed by atoms with Gasteiger partial charge in [0.25, 0.3) is 0 Å². The molecule has 142 valence electrons. The van der Waals surface area contributed by atoms with Gasteiger partial charge in [0.15, 0.2) is 17.3 Å². The number of dihydropyridines is 1. The van der Waals surface area contributed by atoms with Crippen LogP contribution in [0.2, 0.25) is 0 Å². The summed E-state index contributed by atoms with van der Waals surface area (Å²) in [4.78, 5) is 13.1. The van der Waals surface area contributed by atoms with Gasteiger partial charge in [-0.15, -0.1) is 11.8 Å². The molecule has 1 aliphatic heterocycles. The molecule has 0 aromatic heterocycles. The molecule has 1 aliphatic carbocycles. The minimum Gasteiger partial charge on any atom is -0.493 e. The summed E-state index contributed by atoms with van der Waals surface area (Å²) < 4.78 is 10.8. The van der Waals surface area contributed by atoms with E-state index < -0.39 is 5.92 Å². The normalized spacial score (nSPS) is 21.3. The molecular weight excluding hydrogens is 360 g/mol. The van der Waals surface area contributed by atoms with Crippen molar-refractivity contribution in [2.24, 2.45) is 5.41 Å². The minimum absolute atomic E-state index is 0.0985. The highest BCUT2D eigenvalue weighted by molar-refractivity contribution is 8.02. The number of carbonyl (C=O) groups excluding carboxylic acids is 1. The third-order valence-corrected chi connectivity index (χ3v) is 5.80. The van der Waals surface area contributed by atoms with Crippen LogP contribution in [0.1, 0.15) is 38.2 Å². The number of nitrogens with one attached hydrogen (secondary N) is 1. The van der Waals surface area contributed by atoms with Crippen molar-refractivity contribution >= 4 is 17.5 Å². The molecule has 6 heteroatoms. The summed E-state index contributed by atoms with van der Waals surface area (Å²) in [5.41, 5.74) is 2.97. The highest BCUT2D eigenvalue weighted by atomic mass is 32.2. The third kappa shape index (κ3) is 3.44. The first-order valence-electron chi connectivity index (χ1n) is 8.78. The Balaban J connectivity index is 2.21. The van der Waals surface area contributed by atoms with Crippen LogP contribution in [0.5, 0.6) is 11.5 Å². The number of rotatable bonds is 4. The molecule has 0 saturated heterocycles. The molecular formula is C21H24N2O3S. The molecule has 27 heavy (non-hydrogen) atoms. The van der Waals surface area contributed by atoms with Crippen LogP contribution in [0.4, 0.5) is 0 Å². The fourth-order valence-electron chi connectivity index (χ4n) is 3.90. The van der Waals surface area contributed by atoms with Gasteiger partial charge in [-0.05, 0) is 35.8 Å². The average Bonchev–Trinajstić information content (AvgIpc) is 2.64. The van der Waals surface area contributed by atoms with Gasteiger partial charge in [-0.2, -0.15) is 5.26 Å². The second-order valence-electron chi connectivity index (χ2n) is 7.56. The monoisotopic (exact) mass is 384 g/mol. The number of allylic oxidation sites excluding steroid dienone is 3. The van der Waals surface area contributed by atoms with Crippen molar-refractivity contribution < 1.29 is 14.3 Å². The lowest BCUT2D eigenvalue weighted by Gasteiger charge is -2.38. The lowest BCUT2D eigenvalue weighted by Crippen LogP contribution is -2.36. The lowest BCUT2D eigenvalue weighted by molar-refractivity contribution is -0.118. The van der Waals surface area contributed by atoms with Crippen molar-refractivity contribution in [3.8, 4) is 17.6 Å². The highest BCUT2D eigenvalue weighted by Gasteiger charge is 2.41. The Bertz CT molecular complexity index is 893. The first-order valence-corrected chi connectivity index (χ1v) is 10.0. The SMILES string of the molecule is COc1ccc([C@H]2C(C#N)=C(SC)NC3=C2C(=O)CC(C)(C)C3)cc1OC. The first kappa shape index (κ1) is 19.4. The molecule has 1 aromatic rings. The van der Waals surface area contributed by atoms with Crippen LogP contribution in [0, 0.1) is 16.7 Å². The Morgan fingerprint density at radius 2 is 1.93 bits per heavy atom. The second-order valence-corrected chi connectivity index (χ2v) is 8.38. The van der Waals surface area contributed by atoms with E-state index in [2.05, 4.69) is 25.2 Å². The second kappa shape index (κ2) is 7.32. The summed E-state index contributed by atoms with van der Waals surface area (Å²) in [6.07, 6.45) is 3.19. The molecule has 1 atom stereocenters. The number of nitriles is 1. The van der Waals surface area contributed by atoms with Crippen molar-refractivity contribution in [2.45, 2.75) is 32.6 Å². The summed E-state index contributed by atoms with van der Waals surface area (Å²) in [5.74, 6) is 0.911. The molecule has 0 bridgehead atoms. The van der Waals surface area contributed by atoms with Gasteiger partial charge in [0, 0.05) is 17.7 Å². The number of nitrogens with zero attached hydrogens (tertiary/aromatic N) is 1. The number of benzene rings is 1. The molecule has 0 fully saturated rings. The number of carbonyl (C=O) groups is 1. The van der Waals surface area contributed by atoms with Crippen LogP contribution in [-0.2, 0) is 4.79 Å². The van der Waals surface area contributed by atoms with Gasteiger partial charge < -0.3 is 14.8 Å². The number of hydrogen-bond donors (Lipinski definition) is 1. The topological polar surface area (TPSA) is 71.3 Å². The third-order valence-electron chi connectivity index (χ3n) is 5.07. The smallest absolute Gasteiger partial charge is 0.162 e. The molecule has 2 aliphatic rings. The van der Waals surface area contributed by atoms with Gasteiger partial charge in [-0.3, -0.25) is 4.79 Å². The first-order chi connectivity index (χ1) is 12.8. The molecule has 0 radical (unpaired) electrons. The van der Waals surface area contributed by atoms with E-state index in [0.29, 0.717) is 29.1 Å². The fourth-order valence-corrected chi connectivity index (χ4v) is 4.51. The zero-order valence-corrected chi connectivity index (χ0v) is 17.1. The molecule has 0 amide bonds. The van der Waals surface area contributed by atoms with E-state index in [-0.39, 0.29) is 11.2 Å². The van der Waals surface area contributed by atoms with E-state index in [1.165, 1.54) is 11.8 Å². The van der Waals surface area contributed by atoms with Crippen LogP contribution in [-0.4, -0.2) is 26.3 Å². The Labute approximate surface area is 164 Å². The van der Waals surface area contributed by atoms with Gasteiger partial charge in [-0.25, -0.2) is 0 Å². The molecule has 5 nitrogen and oxygen atoms in total. The molecule has 3 rings (SSSR count). The van der Waals surface area contributed by atoms with E-state index >= 15 is 0 Å². The molecule has 0 unspecified atom stereocenters. The van der Waals surface area contributed by atoms with Crippen molar-refractivity contribution in [3.05, 3.63) is 45.6 Å². The van der Waals surface area contributed by atoms with Crippen LogP contribution in [0.25, 0.3) is 0 Å². The Kier molecular flexibility index (Phi) is 5.25. The quantitative estimate of drug-likeness (QED) is 0.841. The lowest BCUT2D eigenvalue weighted by atomic mass is 9.69. The zero-order valence-electron chi connectivity index (χ0n) is 16.3. The summed E-state index contributed by atoms with van der Waals surface area (Å²) in [5, 5.41) is 14.1. The summed E-state index contributed by atoms with van der Waals surface area (Å²) in [7, 11) is 3.17. The van der Waals surface area contributed by atoms with Gasteiger partial charge in [0.1, 0.15) is 0 Å². The van der Waals surface area contributed by atoms with E-state index in [9.17, 15) is 10.1 Å². The summed E-state index contributed by atoms with van der Waals surface area (Å²) in [6, 6.07) is 7.92. The predicted octanol–water partition coefficient (Wildman–Crippen LogP) is 4.13. The van der Waals surface area contributed by atoms with Crippen LogP contribution < -0.4 is 14.8 Å². The van der Waals surface area contributed by atoms with Crippen molar-refractivity contribution in [1.82, 2.24) is 5.32 Å². The van der Waals surface area contributed by atoms with E-state index in [4.69, 9.17) is 9.47 Å². The molecule has 1 heterocycles. The standard InChI is InChI=1S/C21H24N2O3S/c1-21(2)9-14-19(15(24)10-21)18(13(11-22)20(23-14)27-5)12-6-7-16(25-3)17(8-12)26-4/h6-8,18,23H,9-10H2,1-5H3/t18-/m0/s1. The van der Waals surface area contributed by atoms with Gasteiger partial charge in [0.2, 0.25) is 0 Å². The molecule has 1 N–H and O–H groups in total. The maximum Gasteiger partial charge on any atom is 0.162 e. The maximum absolute atomic E-state index is 13.1. The van der Waals surface area contributed by atoms with Gasteiger partial charge in [-0.1, -0.05) is 19.9 Å². The van der Waals surface area contributed by atoms with Crippen molar-refractivity contribution in [2.75, 3.05) is 20.5 Å². The number of thioether (sulfide) groups is 1. The average molecular weight is 385 g/mol. The Morgan fingerprint density at radius 1 is 1.22 bits per heavy atom. The zero-order chi connectivity index (χ0) is 19.8. The Hall–Kier alpha value is -2.39. The number of ether oxygens (including phenoxy) is 2. The van der Waals surface area contributed by atoms with E-state index in [1.807, 2.05) is 24.5 Å². The van der Waals surface area contributed by atoms with Gasteiger partial charge in [0.05, 0.1) is 36.8 Å². The van der Waals surface area contributed by atoms with Crippen LogP contribution in [0.15, 0.2) is 40.1 Å². The highest BCUT2D eigenvalue weighted by Crippen LogP contribution is 2.48. The predicted molar refractivity (Wildman–Crippen MR) is 107 cm³/mol. The number of Topliss-reactive ketones (excluding diaryl/α,β-unsaturated/α-hetero) is 1. The van der Waals surface area contributed by atoms with E-state index in [0.717, 1.165) is 22.7 Å². The van der Waals surface area contributed by atoms with E-state index in [1.54, 1.807) is 14.2 Å². The van der Waals surface area contributed by atoms with Gasteiger partial charge >= 0.3 is 0 Å². The fraction of sp³-hybridized carbons (Fsp3) is 0.429. The minimum atomic E-state index is -0.392. The molecule has 1 aromatic carbocycles. The Morgan fingerprint density at radius 3 is 2.52 bits per heavy atom. The summed E-state index contributed by atoms with van der Waals surface area (Å²) in [6.45, 7) is 4.20. The van der Waals surface area contributed by atoms with Crippen LogP contribution in [0.3, 0.4) is 0 Å². The summed E-state index contributed by atoms with van der Waals surface area (Å²) >= 11 is 1.50. The maximum atomic E-state index is 13.1. The largest absolute Gasteiger partial charge is 0.493 e. The van der Waals surface area contributed by atoms with Crippen LogP contribution >= 0.6 is 11.8 Å². The number of methoxy groups -OCH3 is 2. The number of hydrogen-bond acceptors (Lipinski definition) is 6. The molecule has 0 spiro atoms.